The molecule has 0 bridgehead atoms. The van der Waals surface area contributed by atoms with Crippen LogP contribution in [0.15, 0.2) is 29.2 Å². The molecule has 5 heteroatoms. The fourth-order valence-corrected chi connectivity index (χ4v) is 6.46. The molecule has 0 amide bonds. The molecule has 0 atom stereocenters. The van der Waals surface area contributed by atoms with Crippen LogP contribution in [0.1, 0.15) is 46.2 Å². The number of hydrogen-bond donors (Lipinski definition) is 0. The zero-order valence-electron chi connectivity index (χ0n) is 18.5. The molecule has 0 N–H and O–H groups in total. The first-order valence-electron chi connectivity index (χ1n) is 10.4. The van der Waals surface area contributed by atoms with Gasteiger partial charge in [-0.2, -0.15) is 4.31 Å². The van der Waals surface area contributed by atoms with Crippen molar-refractivity contribution < 1.29 is 13.2 Å². The Morgan fingerprint density at radius 2 is 1.34 bits per heavy atom. The highest BCUT2D eigenvalue weighted by molar-refractivity contribution is 7.89. The molecule has 1 heterocycles. The summed E-state index contributed by atoms with van der Waals surface area (Å²) in [6.07, 6.45) is 2.78. The number of piperidine rings is 1. The van der Waals surface area contributed by atoms with Crippen LogP contribution in [-0.2, 0) is 16.4 Å². The molecule has 1 aliphatic rings. The predicted molar refractivity (Wildman–Crippen MR) is 118 cm³/mol. The lowest BCUT2D eigenvalue weighted by molar-refractivity contribution is 0.272. The van der Waals surface area contributed by atoms with Gasteiger partial charge in [0.05, 0.1) is 12.0 Å². The minimum atomic E-state index is -3.47. The van der Waals surface area contributed by atoms with Gasteiger partial charge in [0.2, 0.25) is 10.0 Å². The Kier molecular flexibility index (Phi) is 6.39. The van der Waals surface area contributed by atoms with E-state index in [1.807, 2.05) is 39.8 Å². The third-order valence-corrected chi connectivity index (χ3v) is 8.96. The van der Waals surface area contributed by atoms with Gasteiger partial charge in [-0.15, -0.1) is 0 Å². The molecule has 0 unspecified atom stereocenters. The van der Waals surface area contributed by atoms with Gasteiger partial charge in [-0.3, -0.25) is 0 Å². The highest BCUT2D eigenvalue weighted by Crippen LogP contribution is 2.33. The van der Waals surface area contributed by atoms with Crippen LogP contribution in [0.5, 0.6) is 5.75 Å². The van der Waals surface area contributed by atoms with Crippen molar-refractivity contribution in [3.63, 3.8) is 0 Å². The third-order valence-electron chi connectivity index (χ3n) is 6.79. The summed E-state index contributed by atoms with van der Waals surface area (Å²) < 4.78 is 33.9. The van der Waals surface area contributed by atoms with Gasteiger partial charge in [0, 0.05) is 13.1 Å². The molecule has 0 radical (unpaired) electrons. The predicted octanol–water partition coefficient (Wildman–Crippen LogP) is 4.88. The molecular formula is C24H33NO3S. The maximum Gasteiger partial charge on any atom is 0.243 e. The zero-order chi connectivity index (χ0) is 21.3. The Morgan fingerprint density at radius 3 is 1.83 bits per heavy atom. The van der Waals surface area contributed by atoms with Gasteiger partial charge in [-0.1, -0.05) is 12.1 Å². The Hall–Kier alpha value is -1.85. The molecule has 1 fully saturated rings. The summed E-state index contributed by atoms with van der Waals surface area (Å²) >= 11 is 0. The first-order valence-corrected chi connectivity index (χ1v) is 11.8. The zero-order valence-corrected chi connectivity index (χ0v) is 19.3. The molecule has 158 valence electrons. The summed E-state index contributed by atoms with van der Waals surface area (Å²) in [5, 5.41) is 0. The Morgan fingerprint density at radius 1 is 0.862 bits per heavy atom. The Labute approximate surface area is 175 Å². The number of nitrogens with zero attached hydrogens (tertiary/aromatic N) is 1. The molecule has 3 rings (SSSR count). The minimum absolute atomic E-state index is 0.513. The van der Waals surface area contributed by atoms with E-state index in [2.05, 4.69) is 19.1 Å². The van der Waals surface area contributed by atoms with Crippen LogP contribution in [0.4, 0.5) is 0 Å². The van der Waals surface area contributed by atoms with Crippen LogP contribution in [0.2, 0.25) is 0 Å². The second-order valence-corrected chi connectivity index (χ2v) is 10.2. The Bertz CT molecular complexity index is 957. The maximum absolute atomic E-state index is 13.5. The monoisotopic (exact) mass is 415 g/mol. The van der Waals surface area contributed by atoms with Crippen LogP contribution in [0.25, 0.3) is 0 Å². The number of rotatable bonds is 5. The second kappa shape index (κ2) is 8.49. The van der Waals surface area contributed by atoms with Crippen molar-refractivity contribution in [1.29, 1.82) is 0 Å². The highest BCUT2D eigenvalue weighted by atomic mass is 32.2. The van der Waals surface area contributed by atoms with E-state index >= 15 is 0 Å². The van der Waals surface area contributed by atoms with Gasteiger partial charge in [0.25, 0.3) is 0 Å². The number of methoxy groups -OCH3 is 1. The molecule has 2 aromatic rings. The van der Waals surface area contributed by atoms with E-state index in [9.17, 15) is 8.42 Å². The van der Waals surface area contributed by atoms with Crippen LogP contribution in [0.3, 0.4) is 0 Å². The highest BCUT2D eigenvalue weighted by Gasteiger charge is 2.32. The lowest BCUT2D eigenvalue weighted by atomic mass is 9.91. The van der Waals surface area contributed by atoms with Gasteiger partial charge >= 0.3 is 0 Å². The van der Waals surface area contributed by atoms with E-state index in [1.54, 1.807) is 11.4 Å². The quantitative estimate of drug-likeness (QED) is 0.699. The van der Waals surface area contributed by atoms with Gasteiger partial charge in [0.1, 0.15) is 5.75 Å². The number of benzene rings is 2. The number of sulfonamides is 1. The number of hydrogen-bond acceptors (Lipinski definition) is 3. The van der Waals surface area contributed by atoms with Gasteiger partial charge < -0.3 is 4.74 Å². The Balaban J connectivity index is 1.75. The van der Waals surface area contributed by atoms with E-state index < -0.39 is 10.0 Å². The third kappa shape index (κ3) is 4.22. The first kappa shape index (κ1) is 21.8. The van der Waals surface area contributed by atoms with Crippen molar-refractivity contribution in [2.45, 2.75) is 58.8 Å². The van der Waals surface area contributed by atoms with Crippen LogP contribution >= 0.6 is 0 Å². The maximum atomic E-state index is 13.5. The molecule has 0 aliphatic carbocycles. The van der Waals surface area contributed by atoms with Crippen molar-refractivity contribution in [3.05, 3.63) is 57.6 Å². The SMILES string of the molecule is COc1ccc(CC2CCN(S(=O)(=O)c3c(C)c(C)c(C)c(C)c3C)CC2)cc1. The summed E-state index contributed by atoms with van der Waals surface area (Å²) in [7, 11) is -1.80. The van der Waals surface area contributed by atoms with Crippen molar-refractivity contribution in [2.24, 2.45) is 5.92 Å². The molecule has 2 aromatic carbocycles. The largest absolute Gasteiger partial charge is 0.497 e. The van der Waals surface area contributed by atoms with E-state index in [0.717, 1.165) is 47.3 Å². The van der Waals surface area contributed by atoms with Crippen molar-refractivity contribution in [1.82, 2.24) is 4.31 Å². The normalized spacial score (nSPS) is 16.2. The van der Waals surface area contributed by atoms with E-state index in [0.29, 0.717) is 23.9 Å². The summed E-state index contributed by atoms with van der Waals surface area (Å²) in [4.78, 5) is 0.520. The molecule has 1 saturated heterocycles. The van der Waals surface area contributed by atoms with Gasteiger partial charge in [-0.05, 0) is 105 Å². The molecule has 0 spiro atoms. The van der Waals surface area contributed by atoms with Crippen molar-refractivity contribution in [2.75, 3.05) is 20.2 Å². The average molecular weight is 416 g/mol. The van der Waals surface area contributed by atoms with Crippen molar-refractivity contribution in [3.8, 4) is 5.75 Å². The standard InChI is InChI=1S/C24H33NO3S/c1-16-17(2)19(4)24(20(5)18(16)3)29(26,27)25-13-11-22(12-14-25)15-21-7-9-23(28-6)10-8-21/h7-10,22H,11-15H2,1-6H3. The fraction of sp³-hybridized carbons (Fsp3) is 0.500. The molecule has 4 nitrogen and oxygen atoms in total. The summed E-state index contributed by atoms with van der Waals surface area (Å²) in [5.74, 6) is 1.38. The molecule has 1 aliphatic heterocycles. The van der Waals surface area contributed by atoms with Crippen molar-refractivity contribution >= 4 is 10.0 Å². The van der Waals surface area contributed by atoms with Crippen LogP contribution in [0, 0.1) is 40.5 Å². The molecule has 29 heavy (non-hydrogen) atoms. The van der Waals surface area contributed by atoms with Gasteiger partial charge in [-0.25, -0.2) is 8.42 Å². The summed E-state index contributed by atoms with van der Waals surface area (Å²) in [6.45, 7) is 11.2. The first-order chi connectivity index (χ1) is 13.7. The van der Waals surface area contributed by atoms with Crippen LogP contribution < -0.4 is 4.74 Å². The molecule has 0 aromatic heterocycles. The van der Waals surface area contributed by atoms with E-state index in [1.165, 1.54) is 11.1 Å². The molecule has 0 saturated carbocycles. The van der Waals surface area contributed by atoms with E-state index in [-0.39, 0.29) is 0 Å². The minimum Gasteiger partial charge on any atom is -0.497 e. The van der Waals surface area contributed by atoms with E-state index in [4.69, 9.17) is 4.74 Å². The summed E-state index contributed by atoms with van der Waals surface area (Å²) in [6, 6.07) is 8.18. The summed E-state index contributed by atoms with van der Waals surface area (Å²) in [5.41, 5.74) is 6.43. The van der Waals surface area contributed by atoms with Gasteiger partial charge in [0.15, 0.2) is 0 Å². The fourth-order valence-electron chi connectivity index (χ4n) is 4.43. The lowest BCUT2D eigenvalue weighted by Crippen LogP contribution is -2.39. The molecular weight excluding hydrogens is 382 g/mol. The second-order valence-electron chi connectivity index (χ2n) is 8.35. The smallest absolute Gasteiger partial charge is 0.243 e. The topological polar surface area (TPSA) is 46.6 Å². The lowest BCUT2D eigenvalue weighted by Gasteiger charge is -2.32. The average Bonchev–Trinajstić information content (AvgIpc) is 2.72. The van der Waals surface area contributed by atoms with Crippen LogP contribution in [-0.4, -0.2) is 32.9 Å². The number of ether oxygens (including phenoxy) is 1.